The van der Waals surface area contributed by atoms with Crippen molar-refractivity contribution in [2.75, 3.05) is 5.32 Å². The van der Waals surface area contributed by atoms with Crippen molar-refractivity contribution in [2.24, 2.45) is 0 Å². The van der Waals surface area contributed by atoms with E-state index in [1.165, 1.54) is 24.3 Å². The Labute approximate surface area is 169 Å². The molecule has 8 heteroatoms. The molecule has 2 aromatic carbocycles. The lowest BCUT2D eigenvalue weighted by atomic mass is 10.2. The Bertz CT molecular complexity index is 1100. The van der Waals surface area contributed by atoms with Gasteiger partial charge in [0.25, 0.3) is 5.91 Å². The predicted molar refractivity (Wildman–Crippen MR) is 111 cm³/mol. The van der Waals surface area contributed by atoms with Crippen LogP contribution in [0.1, 0.15) is 24.2 Å². The molecule has 1 aromatic heterocycles. The number of aromatic nitrogens is 1. The number of hydrogen-bond acceptors (Lipinski definition) is 5. The number of carbonyl (C=O) groups is 1. The van der Waals surface area contributed by atoms with Crippen molar-refractivity contribution in [1.82, 2.24) is 9.71 Å². The first kappa shape index (κ1) is 20.5. The van der Waals surface area contributed by atoms with E-state index in [4.69, 9.17) is 4.74 Å². The highest BCUT2D eigenvalue weighted by Crippen LogP contribution is 2.27. The zero-order valence-corrected chi connectivity index (χ0v) is 16.8. The molecule has 0 unspecified atom stereocenters. The Hall–Kier alpha value is -3.23. The molecule has 0 aliphatic carbocycles. The molecule has 0 radical (unpaired) electrons. The fourth-order valence-corrected chi connectivity index (χ4v) is 3.84. The van der Waals surface area contributed by atoms with Gasteiger partial charge in [0, 0.05) is 17.8 Å². The average Bonchev–Trinajstić information content (AvgIpc) is 2.69. The van der Waals surface area contributed by atoms with Crippen molar-refractivity contribution in [3.05, 3.63) is 78.5 Å². The van der Waals surface area contributed by atoms with Gasteiger partial charge in [0.1, 0.15) is 11.4 Å². The van der Waals surface area contributed by atoms with Gasteiger partial charge in [0.2, 0.25) is 15.9 Å². The Morgan fingerprint density at radius 1 is 1.00 bits per heavy atom. The molecule has 29 heavy (non-hydrogen) atoms. The van der Waals surface area contributed by atoms with Crippen molar-refractivity contribution >= 4 is 21.6 Å². The lowest BCUT2D eigenvalue weighted by Crippen LogP contribution is -2.30. The summed E-state index contributed by atoms with van der Waals surface area (Å²) in [6.45, 7) is 3.45. The Morgan fingerprint density at radius 3 is 2.48 bits per heavy atom. The number of nitrogens with one attached hydrogen (secondary N) is 2. The van der Waals surface area contributed by atoms with Gasteiger partial charge < -0.3 is 10.1 Å². The van der Waals surface area contributed by atoms with E-state index in [9.17, 15) is 13.2 Å². The largest absolute Gasteiger partial charge is 0.437 e. The summed E-state index contributed by atoms with van der Waals surface area (Å²) in [4.78, 5) is 16.9. The quantitative estimate of drug-likeness (QED) is 0.616. The summed E-state index contributed by atoms with van der Waals surface area (Å²) >= 11 is 0. The van der Waals surface area contributed by atoms with Crippen LogP contribution in [0.25, 0.3) is 0 Å². The fourth-order valence-electron chi connectivity index (χ4n) is 2.54. The fraction of sp³-hybridized carbons (Fsp3) is 0.143. The number of rotatable bonds is 7. The summed E-state index contributed by atoms with van der Waals surface area (Å²) in [5, 5.41) is 2.72. The maximum atomic E-state index is 12.7. The van der Waals surface area contributed by atoms with E-state index in [-0.39, 0.29) is 22.4 Å². The number of anilines is 1. The zero-order chi connectivity index (χ0) is 20.9. The molecular weight excluding hydrogens is 390 g/mol. The molecule has 0 atom stereocenters. The topological polar surface area (TPSA) is 97.4 Å². The molecular formula is C21H21N3O4S. The van der Waals surface area contributed by atoms with E-state index >= 15 is 0 Å². The molecule has 150 valence electrons. The monoisotopic (exact) mass is 411 g/mol. The van der Waals surface area contributed by atoms with Gasteiger partial charge in [0.15, 0.2) is 0 Å². The van der Waals surface area contributed by atoms with Crippen molar-refractivity contribution in [1.29, 1.82) is 0 Å². The van der Waals surface area contributed by atoms with E-state index in [2.05, 4.69) is 15.0 Å². The Kier molecular flexibility index (Phi) is 6.26. The predicted octanol–water partition coefficient (Wildman–Crippen LogP) is 3.81. The van der Waals surface area contributed by atoms with Crippen LogP contribution in [0.4, 0.5) is 5.69 Å². The van der Waals surface area contributed by atoms with Crippen LogP contribution < -0.4 is 14.8 Å². The number of para-hydroxylation sites is 1. The van der Waals surface area contributed by atoms with Gasteiger partial charge in [0.05, 0.1) is 4.90 Å². The van der Waals surface area contributed by atoms with Crippen LogP contribution in [0.2, 0.25) is 0 Å². The summed E-state index contributed by atoms with van der Waals surface area (Å²) in [5.74, 6) is 0.337. The van der Waals surface area contributed by atoms with Gasteiger partial charge in [-0.1, -0.05) is 24.3 Å². The maximum Gasteiger partial charge on any atom is 0.255 e. The first-order valence-electron chi connectivity index (χ1n) is 8.97. The third kappa shape index (κ3) is 5.40. The second-order valence-electron chi connectivity index (χ2n) is 6.53. The number of hydrogen-bond donors (Lipinski definition) is 2. The molecule has 0 saturated heterocycles. The van der Waals surface area contributed by atoms with Crippen LogP contribution in [0.3, 0.4) is 0 Å². The van der Waals surface area contributed by atoms with Crippen LogP contribution in [-0.2, 0) is 10.0 Å². The van der Waals surface area contributed by atoms with Crippen LogP contribution in [-0.4, -0.2) is 25.4 Å². The number of pyridine rings is 1. The van der Waals surface area contributed by atoms with Gasteiger partial charge in [-0.15, -0.1) is 0 Å². The van der Waals surface area contributed by atoms with Gasteiger partial charge >= 0.3 is 0 Å². The second-order valence-corrected chi connectivity index (χ2v) is 8.24. The van der Waals surface area contributed by atoms with Crippen molar-refractivity contribution in [2.45, 2.75) is 24.8 Å². The summed E-state index contributed by atoms with van der Waals surface area (Å²) in [6, 6.07) is 18.0. The second kappa shape index (κ2) is 8.85. The summed E-state index contributed by atoms with van der Waals surface area (Å²) in [7, 11) is -3.70. The summed E-state index contributed by atoms with van der Waals surface area (Å²) < 4.78 is 33.0. The lowest BCUT2D eigenvalue weighted by Gasteiger charge is -2.12. The molecule has 7 nitrogen and oxygen atoms in total. The molecule has 3 aromatic rings. The molecule has 3 rings (SSSR count). The third-order valence-electron chi connectivity index (χ3n) is 3.77. The van der Waals surface area contributed by atoms with Crippen LogP contribution in [0.15, 0.2) is 77.8 Å². The van der Waals surface area contributed by atoms with E-state index in [1.807, 2.05) is 18.2 Å². The van der Waals surface area contributed by atoms with Gasteiger partial charge in [-0.25, -0.2) is 18.1 Å². The highest BCUT2D eigenvalue weighted by Gasteiger charge is 2.18. The third-order valence-corrected chi connectivity index (χ3v) is 5.43. The number of amides is 1. The molecule has 0 saturated carbocycles. The number of carbonyl (C=O) groups excluding carboxylic acids is 1. The van der Waals surface area contributed by atoms with Crippen molar-refractivity contribution < 1.29 is 17.9 Å². The van der Waals surface area contributed by atoms with Crippen LogP contribution >= 0.6 is 0 Å². The molecule has 1 heterocycles. The minimum atomic E-state index is -3.70. The molecule has 0 aliphatic rings. The lowest BCUT2D eigenvalue weighted by molar-refractivity contribution is 0.102. The Balaban J connectivity index is 1.82. The standard InChI is InChI=1S/C21H21N3O4S/c1-15(2)24-29(26,27)18-11-6-8-16(14-18)20(25)23-19-12-7-13-22-21(19)28-17-9-4-3-5-10-17/h3-15,24H,1-2H3,(H,23,25). The number of ether oxygens (including phenoxy) is 1. The minimum Gasteiger partial charge on any atom is -0.437 e. The zero-order valence-electron chi connectivity index (χ0n) is 16.0. The minimum absolute atomic E-state index is 0.0193. The normalized spacial score (nSPS) is 11.3. The van der Waals surface area contributed by atoms with Crippen molar-refractivity contribution in [3.8, 4) is 11.6 Å². The molecule has 2 N–H and O–H groups in total. The molecule has 1 amide bonds. The first-order valence-corrected chi connectivity index (χ1v) is 10.4. The Morgan fingerprint density at radius 2 is 1.76 bits per heavy atom. The number of nitrogens with zero attached hydrogens (tertiary/aromatic N) is 1. The van der Waals surface area contributed by atoms with Crippen molar-refractivity contribution in [3.63, 3.8) is 0 Å². The maximum absolute atomic E-state index is 12.7. The van der Waals surface area contributed by atoms with Gasteiger partial charge in [-0.2, -0.15) is 0 Å². The molecule has 0 fully saturated rings. The first-order chi connectivity index (χ1) is 13.8. The SMILES string of the molecule is CC(C)NS(=O)(=O)c1cccc(C(=O)Nc2cccnc2Oc2ccccc2)c1. The van der Waals surface area contributed by atoms with E-state index in [0.717, 1.165) is 0 Å². The van der Waals surface area contributed by atoms with E-state index < -0.39 is 15.9 Å². The smallest absolute Gasteiger partial charge is 0.255 e. The summed E-state index contributed by atoms with van der Waals surface area (Å²) in [5.41, 5.74) is 0.570. The van der Waals surface area contributed by atoms with Crippen LogP contribution in [0.5, 0.6) is 11.6 Å². The highest BCUT2D eigenvalue weighted by molar-refractivity contribution is 7.89. The molecule has 0 spiro atoms. The van der Waals surface area contributed by atoms with E-state index in [0.29, 0.717) is 11.4 Å². The summed E-state index contributed by atoms with van der Waals surface area (Å²) in [6.07, 6.45) is 1.55. The van der Waals surface area contributed by atoms with Gasteiger partial charge in [-0.3, -0.25) is 4.79 Å². The van der Waals surface area contributed by atoms with Gasteiger partial charge in [-0.05, 0) is 56.3 Å². The number of benzene rings is 2. The van der Waals surface area contributed by atoms with Crippen LogP contribution in [0, 0.1) is 0 Å². The number of sulfonamides is 1. The average molecular weight is 411 g/mol. The molecule has 0 bridgehead atoms. The molecule has 0 aliphatic heterocycles. The van der Waals surface area contributed by atoms with E-state index in [1.54, 1.807) is 44.3 Å². The highest BCUT2D eigenvalue weighted by atomic mass is 32.2.